The third kappa shape index (κ3) is 3.05. The summed E-state index contributed by atoms with van der Waals surface area (Å²) in [4.78, 5) is 16.1. The Morgan fingerprint density at radius 3 is 2.95 bits per heavy atom. The molecule has 0 aliphatic carbocycles. The van der Waals surface area contributed by atoms with Gasteiger partial charge in [-0.2, -0.15) is 5.10 Å². The lowest BCUT2D eigenvalue weighted by molar-refractivity contribution is 0.0938. The van der Waals surface area contributed by atoms with Crippen LogP contribution in [0.2, 0.25) is 0 Å². The molecule has 0 aliphatic rings. The van der Waals surface area contributed by atoms with Crippen molar-refractivity contribution in [2.75, 3.05) is 12.3 Å². The van der Waals surface area contributed by atoms with Gasteiger partial charge in [-0.15, -0.1) is 0 Å². The first-order valence-electron chi connectivity index (χ1n) is 6.30. The number of aromatic amines is 1. The topological polar surface area (TPSA) is 106 Å². The number of carbonyl (C=O) groups is 1. The first-order valence-corrected chi connectivity index (χ1v) is 6.30. The number of carbonyl (C=O) groups excluding carboxylic acids is 1. The number of aromatic nitrogens is 3. The Labute approximate surface area is 116 Å². The van der Waals surface area contributed by atoms with Crippen molar-refractivity contribution in [3.05, 3.63) is 35.9 Å². The fourth-order valence-corrected chi connectivity index (χ4v) is 1.75. The van der Waals surface area contributed by atoms with Gasteiger partial charge in [-0.25, -0.2) is 4.98 Å². The highest BCUT2D eigenvalue weighted by atomic mass is 16.5. The maximum Gasteiger partial charge on any atom is 0.251 e. The summed E-state index contributed by atoms with van der Waals surface area (Å²) < 4.78 is 5.33. The standard InChI is InChI=1S/C13H17N5O2/c1-3-20-11-5-4-9(6-10(11)14)13(19)17-8(2)12-15-7-16-18-12/h4-8H,3,14H2,1-2H3,(H,17,19)(H,15,16,18). The van der Waals surface area contributed by atoms with Gasteiger partial charge in [0.25, 0.3) is 5.91 Å². The largest absolute Gasteiger partial charge is 0.492 e. The van der Waals surface area contributed by atoms with Crippen LogP contribution in [0.15, 0.2) is 24.5 Å². The fourth-order valence-electron chi connectivity index (χ4n) is 1.75. The number of ether oxygens (including phenoxy) is 1. The van der Waals surface area contributed by atoms with Crippen molar-refractivity contribution in [3.8, 4) is 5.75 Å². The lowest BCUT2D eigenvalue weighted by atomic mass is 10.1. The van der Waals surface area contributed by atoms with Crippen LogP contribution < -0.4 is 15.8 Å². The summed E-state index contributed by atoms with van der Waals surface area (Å²) in [6.45, 7) is 4.22. The number of nitrogens with zero attached hydrogens (tertiary/aromatic N) is 2. The second-order valence-corrected chi connectivity index (χ2v) is 4.25. The van der Waals surface area contributed by atoms with E-state index in [-0.39, 0.29) is 11.9 Å². The van der Waals surface area contributed by atoms with Crippen LogP contribution in [-0.2, 0) is 0 Å². The molecule has 0 aliphatic heterocycles. The van der Waals surface area contributed by atoms with Crippen molar-refractivity contribution in [2.24, 2.45) is 0 Å². The summed E-state index contributed by atoms with van der Waals surface area (Å²) in [6.07, 6.45) is 1.40. The molecular weight excluding hydrogens is 258 g/mol. The summed E-state index contributed by atoms with van der Waals surface area (Å²) in [6, 6.07) is 4.68. The van der Waals surface area contributed by atoms with Crippen LogP contribution in [-0.4, -0.2) is 27.7 Å². The van der Waals surface area contributed by atoms with Gasteiger partial charge in [-0.3, -0.25) is 9.89 Å². The molecule has 7 heteroatoms. The summed E-state index contributed by atoms with van der Waals surface area (Å²) in [5, 5.41) is 9.26. The van der Waals surface area contributed by atoms with Gasteiger partial charge in [0.15, 0.2) is 0 Å². The minimum Gasteiger partial charge on any atom is -0.492 e. The number of benzene rings is 1. The summed E-state index contributed by atoms with van der Waals surface area (Å²) in [5.41, 5.74) is 6.74. The van der Waals surface area contributed by atoms with Crippen molar-refractivity contribution >= 4 is 11.6 Å². The van der Waals surface area contributed by atoms with Gasteiger partial charge in [0.05, 0.1) is 18.3 Å². The van der Waals surface area contributed by atoms with Gasteiger partial charge in [0.1, 0.15) is 17.9 Å². The van der Waals surface area contributed by atoms with E-state index in [1.807, 2.05) is 13.8 Å². The molecule has 1 aromatic heterocycles. The number of nitrogens with one attached hydrogen (secondary N) is 2. The normalized spacial score (nSPS) is 11.9. The van der Waals surface area contributed by atoms with Crippen molar-refractivity contribution < 1.29 is 9.53 Å². The Balaban J connectivity index is 2.07. The van der Waals surface area contributed by atoms with Crippen LogP contribution >= 0.6 is 0 Å². The zero-order valence-corrected chi connectivity index (χ0v) is 11.4. The molecule has 106 valence electrons. The molecule has 4 N–H and O–H groups in total. The van der Waals surface area contributed by atoms with Crippen LogP contribution in [0.1, 0.15) is 36.1 Å². The predicted octanol–water partition coefficient (Wildman–Crippen LogP) is 1.28. The maximum atomic E-state index is 12.1. The second kappa shape index (κ2) is 6.05. The molecule has 0 bridgehead atoms. The minimum absolute atomic E-state index is 0.233. The quantitative estimate of drug-likeness (QED) is 0.713. The first-order chi connectivity index (χ1) is 9.61. The SMILES string of the molecule is CCOc1ccc(C(=O)NC(C)c2ncn[nH]2)cc1N. The Kier molecular flexibility index (Phi) is 4.19. The average molecular weight is 275 g/mol. The molecule has 0 saturated carbocycles. The number of hydrogen-bond acceptors (Lipinski definition) is 5. The number of rotatable bonds is 5. The van der Waals surface area contributed by atoms with E-state index >= 15 is 0 Å². The molecule has 0 radical (unpaired) electrons. The summed E-state index contributed by atoms with van der Waals surface area (Å²) >= 11 is 0. The molecule has 0 saturated heterocycles. The van der Waals surface area contributed by atoms with E-state index in [4.69, 9.17) is 10.5 Å². The van der Waals surface area contributed by atoms with Crippen molar-refractivity contribution in [2.45, 2.75) is 19.9 Å². The maximum absolute atomic E-state index is 12.1. The molecule has 1 atom stereocenters. The first kappa shape index (κ1) is 13.9. The predicted molar refractivity (Wildman–Crippen MR) is 74.3 cm³/mol. The van der Waals surface area contributed by atoms with E-state index in [2.05, 4.69) is 20.5 Å². The highest BCUT2D eigenvalue weighted by Gasteiger charge is 2.14. The number of nitrogens with two attached hydrogens (primary N) is 1. The van der Waals surface area contributed by atoms with E-state index in [1.165, 1.54) is 6.33 Å². The monoisotopic (exact) mass is 275 g/mol. The van der Waals surface area contributed by atoms with Gasteiger partial charge in [0.2, 0.25) is 0 Å². The lowest BCUT2D eigenvalue weighted by Gasteiger charge is -2.12. The average Bonchev–Trinajstić information content (AvgIpc) is 2.95. The van der Waals surface area contributed by atoms with Crippen molar-refractivity contribution in [1.29, 1.82) is 0 Å². The molecule has 20 heavy (non-hydrogen) atoms. The third-order valence-electron chi connectivity index (χ3n) is 2.76. The number of amides is 1. The van der Waals surface area contributed by atoms with E-state index in [9.17, 15) is 4.79 Å². The van der Waals surface area contributed by atoms with Crippen molar-refractivity contribution in [3.63, 3.8) is 0 Å². The molecule has 1 amide bonds. The molecule has 7 nitrogen and oxygen atoms in total. The Morgan fingerprint density at radius 1 is 1.55 bits per heavy atom. The molecule has 1 heterocycles. The van der Waals surface area contributed by atoms with Crippen LogP contribution in [0, 0.1) is 0 Å². The Hall–Kier alpha value is -2.57. The molecule has 2 aromatic rings. The molecule has 1 aromatic carbocycles. The van der Waals surface area contributed by atoms with Crippen molar-refractivity contribution in [1.82, 2.24) is 20.5 Å². The van der Waals surface area contributed by atoms with E-state index < -0.39 is 0 Å². The fraction of sp³-hybridized carbons (Fsp3) is 0.308. The van der Waals surface area contributed by atoms with Gasteiger partial charge >= 0.3 is 0 Å². The van der Waals surface area contributed by atoms with Crippen LogP contribution in [0.3, 0.4) is 0 Å². The van der Waals surface area contributed by atoms with E-state index in [0.717, 1.165) is 0 Å². The lowest BCUT2D eigenvalue weighted by Crippen LogP contribution is -2.27. The molecule has 2 rings (SSSR count). The third-order valence-corrected chi connectivity index (χ3v) is 2.76. The number of hydrogen-bond donors (Lipinski definition) is 3. The summed E-state index contributed by atoms with van der Waals surface area (Å²) in [5.74, 6) is 0.938. The van der Waals surface area contributed by atoms with Gasteiger partial charge in [0, 0.05) is 5.56 Å². The van der Waals surface area contributed by atoms with Gasteiger partial charge in [-0.05, 0) is 32.0 Å². The highest BCUT2D eigenvalue weighted by molar-refractivity contribution is 5.95. The highest BCUT2D eigenvalue weighted by Crippen LogP contribution is 2.22. The molecule has 0 spiro atoms. The van der Waals surface area contributed by atoms with Gasteiger partial charge < -0.3 is 15.8 Å². The van der Waals surface area contributed by atoms with E-state index in [0.29, 0.717) is 29.4 Å². The number of nitrogen functional groups attached to an aromatic ring is 1. The molecule has 0 fully saturated rings. The molecule has 1 unspecified atom stereocenters. The minimum atomic E-state index is -0.266. The zero-order chi connectivity index (χ0) is 14.5. The second-order valence-electron chi connectivity index (χ2n) is 4.25. The zero-order valence-electron chi connectivity index (χ0n) is 11.4. The van der Waals surface area contributed by atoms with Crippen LogP contribution in [0.25, 0.3) is 0 Å². The van der Waals surface area contributed by atoms with E-state index in [1.54, 1.807) is 18.2 Å². The Morgan fingerprint density at radius 2 is 2.35 bits per heavy atom. The van der Waals surface area contributed by atoms with Crippen LogP contribution in [0.4, 0.5) is 5.69 Å². The molecular formula is C13H17N5O2. The van der Waals surface area contributed by atoms with Gasteiger partial charge in [-0.1, -0.05) is 0 Å². The smallest absolute Gasteiger partial charge is 0.251 e. The Bertz CT molecular complexity index is 582. The number of H-pyrrole nitrogens is 1. The number of anilines is 1. The summed E-state index contributed by atoms with van der Waals surface area (Å²) in [7, 11) is 0. The van der Waals surface area contributed by atoms with Crippen LogP contribution in [0.5, 0.6) is 5.75 Å².